The fourth-order valence-electron chi connectivity index (χ4n) is 4.28. The molecule has 0 spiro atoms. The Morgan fingerprint density at radius 2 is 1.76 bits per heavy atom. The van der Waals surface area contributed by atoms with Gasteiger partial charge in [-0.2, -0.15) is 0 Å². The van der Waals surface area contributed by atoms with Crippen molar-refractivity contribution in [3.8, 4) is 0 Å². The van der Waals surface area contributed by atoms with E-state index >= 15 is 0 Å². The smallest absolute Gasteiger partial charge is 0.269 e. The van der Waals surface area contributed by atoms with Crippen molar-refractivity contribution in [2.24, 2.45) is 28.1 Å². The molecule has 1 aromatic carbocycles. The van der Waals surface area contributed by atoms with Crippen molar-refractivity contribution in [2.75, 3.05) is 18.4 Å². The Bertz CT molecular complexity index is 977. The van der Waals surface area contributed by atoms with Crippen molar-refractivity contribution in [3.63, 3.8) is 0 Å². The van der Waals surface area contributed by atoms with Gasteiger partial charge in [0.15, 0.2) is 5.96 Å². The lowest BCUT2D eigenvalue weighted by atomic mass is 9.84. The lowest BCUT2D eigenvalue weighted by molar-refractivity contribution is -0.384. The summed E-state index contributed by atoms with van der Waals surface area (Å²) in [5.41, 5.74) is 16.7. The molecule has 0 aromatic heterocycles. The summed E-state index contributed by atoms with van der Waals surface area (Å²) in [4.78, 5) is 51.9. The van der Waals surface area contributed by atoms with Crippen LogP contribution in [0.5, 0.6) is 0 Å². The highest BCUT2D eigenvalue weighted by Crippen LogP contribution is 2.27. The van der Waals surface area contributed by atoms with Gasteiger partial charge in [-0.1, -0.05) is 32.1 Å². The number of hydrogen-bond donors (Lipinski definition) is 7. The first kappa shape index (κ1) is 30.4. The van der Waals surface area contributed by atoms with Crippen LogP contribution >= 0.6 is 0 Å². The fourth-order valence-corrected chi connectivity index (χ4v) is 4.28. The number of non-ortho nitro benzene ring substituents is 1. The first-order valence-electron chi connectivity index (χ1n) is 12.7. The number of nitrogens with one attached hydrogen (secondary N) is 3. The maximum atomic E-state index is 12.8. The molecule has 2 rings (SSSR count). The van der Waals surface area contributed by atoms with Gasteiger partial charge in [0.25, 0.3) is 5.69 Å². The Balaban J connectivity index is 1.91. The number of guanidine groups is 1. The predicted molar refractivity (Wildman–Crippen MR) is 142 cm³/mol. The predicted octanol–water partition coefficient (Wildman–Crippen LogP) is -0.153. The monoisotopic (exact) mass is 534 g/mol. The quantitative estimate of drug-likeness (QED) is 0.0550. The number of nitrogens with zero attached hydrogens (tertiary/aromatic N) is 2. The molecule has 210 valence electrons. The van der Waals surface area contributed by atoms with E-state index in [1.54, 1.807) is 0 Å². The van der Waals surface area contributed by atoms with E-state index in [1.165, 1.54) is 30.7 Å². The third kappa shape index (κ3) is 10.7. The molecule has 1 saturated carbocycles. The molecule has 0 heterocycles. The summed E-state index contributed by atoms with van der Waals surface area (Å²) in [6.07, 6.45) is 5.33. The largest absolute Gasteiger partial charge is 0.391 e. The van der Waals surface area contributed by atoms with Gasteiger partial charge < -0.3 is 38.3 Å². The first-order valence-corrected chi connectivity index (χ1v) is 12.7. The minimum atomic E-state index is -1.18. The molecule has 38 heavy (non-hydrogen) atoms. The number of aliphatic imine (C=N–C) groups is 1. The fraction of sp³-hybridized carbons (Fsp3) is 0.583. The SMILES string of the molecule is NC(N)=NCCC[C@H](NC(=O)CNC(=O)[C@H](N)[C@@H](O)CC1CCCCC1)C(=O)Nc1ccc([N+](=O)[O-])cc1. The number of aliphatic hydroxyl groups is 1. The minimum absolute atomic E-state index is 0.106. The second-order valence-corrected chi connectivity index (χ2v) is 9.41. The Hall–Kier alpha value is -3.78. The van der Waals surface area contributed by atoms with Crippen LogP contribution in [0, 0.1) is 16.0 Å². The molecule has 1 aromatic rings. The van der Waals surface area contributed by atoms with Gasteiger partial charge in [-0.15, -0.1) is 0 Å². The molecular weight excluding hydrogens is 496 g/mol. The normalized spacial score (nSPS) is 15.9. The average Bonchev–Trinajstić information content (AvgIpc) is 2.89. The molecule has 0 unspecified atom stereocenters. The van der Waals surface area contributed by atoms with E-state index in [0.29, 0.717) is 24.4 Å². The number of rotatable bonds is 14. The lowest BCUT2D eigenvalue weighted by Gasteiger charge is -2.26. The molecule has 0 radical (unpaired) electrons. The molecule has 0 aliphatic heterocycles. The van der Waals surface area contributed by atoms with Crippen LogP contribution in [0.15, 0.2) is 29.3 Å². The first-order chi connectivity index (χ1) is 18.1. The van der Waals surface area contributed by atoms with Gasteiger partial charge in [-0.3, -0.25) is 29.5 Å². The van der Waals surface area contributed by atoms with E-state index in [2.05, 4.69) is 20.9 Å². The maximum Gasteiger partial charge on any atom is 0.269 e. The van der Waals surface area contributed by atoms with Gasteiger partial charge in [-0.05, 0) is 37.3 Å². The van der Waals surface area contributed by atoms with Gasteiger partial charge in [0.2, 0.25) is 17.7 Å². The molecule has 3 atom stereocenters. The summed E-state index contributed by atoms with van der Waals surface area (Å²) in [5, 5.41) is 28.8. The van der Waals surface area contributed by atoms with E-state index in [4.69, 9.17) is 17.2 Å². The standard InChI is InChI=1S/C24H38N8O6/c25-21(19(33)13-15-5-2-1-3-6-15)23(36)29-14-20(34)31-18(7-4-12-28-24(26)27)22(35)30-16-8-10-17(11-9-16)32(37)38/h8-11,15,18-19,21,33H,1-7,12-14,25H2,(H,29,36)(H,30,35)(H,31,34)(H4,26,27,28)/t18-,19-,21+/m0/s1. The van der Waals surface area contributed by atoms with E-state index in [0.717, 1.165) is 25.7 Å². The van der Waals surface area contributed by atoms with Gasteiger partial charge in [0.05, 0.1) is 17.6 Å². The summed E-state index contributed by atoms with van der Waals surface area (Å²) in [5.74, 6) is -1.65. The zero-order chi connectivity index (χ0) is 28.1. The number of carbonyl (C=O) groups excluding carboxylic acids is 3. The summed E-state index contributed by atoms with van der Waals surface area (Å²) < 4.78 is 0. The summed E-state index contributed by atoms with van der Waals surface area (Å²) in [6.45, 7) is -0.220. The molecule has 1 fully saturated rings. The topological polar surface area (TPSA) is 241 Å². The molecule has 0 bridgehead atoms. The molecule has 14 heteroatoms. The van der Waals surface area contributed by atoms with Crippen LogP contribution in [0.1, 0.15) is 51.4 Å². The molecule has 1 aliphatic rings. The van der Waals surface area contributed by atoms with Crippen molar-refractivity contribution in [1.29, 1.82) is 0 Å². The molecule has 3 amide bonds. The maximum absolute atomic E-state index is 12.8. The van der Waals surface area contributed by atoms with Gasteiger partial charge in [-0.25, -0.2) is 0 Å². The van der Waals surface area contributed by atoms with E-state index in [9.17, 15) is 29.6 Å². The van der Waals surface area contributed by atoms with Crippen molar-refractivity contribution < 1.29 is 24.4 Å². The number of carbonyl (C=O) groups is 3. The number of amides is 3. The van der Waals surface area contributed by atoms with Gasteiger partial charge >= 0.3 is 0 Å². The van der Waals surface area contributed by atoms with Gasteiger partial charge in [0.1, 0.15) is 12.1 Å². The Kier molecular flexibility index (Phi) is 12.4. The zero-order valence-electron chi connectivity index (χ0n) is 21.3. The number of nitro groups is 1. The number of aliphatic hydroxyl groups excluding tert-OH is 1. The van der Waals surface area contributed by atoms with Crippen LogP contribution in [-0.4, -0.2) is 65.0 Å². The molecule has 1 aliphatic carbocycles. The van der Waals surface area contributed by atoms with E-state index in [-0.39, 0.29) is 24.6 Å². The third-order valence-electron chi connectivity index (χ3n) is 6.38. The number of benzene rings is 1. The van der Waals surface area contributed by atoms with Crippen LogP contribution in [0.2, 0.25) is 0 Å². The Morgan fingerprint density at radius 1 is 1.11 bits per heavy atom. The Morgan fingerprint density at radius 3 is 2.37 bits per heavy atom. The van der Waals surface area contributed by atoms with Crippen LogP contribution in [0.3, 0.4) is 0 Å². The molecule has 10 N–H and O–H groups in total. The van der Waals surface area contributed by atoms with Crippen LogP contribution < -0.4 is 33.2 Å². The number of nitrogens with two attached hydrogens (primary N) is 3. The number of hydrogen-bond acceptors (Lipinski definition) is 8. The van der Waals surface area contributed by atoms with Crippen LogP contribution in [0.25, 0.3) is 0 Å². The number of nitro benzene ring substituents is 1. The average molecular weight is 535 g/mol. The summed E-state index contributed by atoms with van der Waals surface area (Å²) in [7, 11) is 0. The summed E-state index contributed by atoms with van der Waals surface area (Å²) in [6, 6.07) is 3.04. The van der Waals surface area contributed by atoms with Crippen LogP contribution in [0.4, 0.5) is 11.4 Å². The van der Waals surface area contributed by atoms with Crippen molar-refractivity contribution in [2.45, 2.75) is 69.6 Å². The zero-order valence-corrected chi connectivity index (χ0v) is 21.3. The van der Waals surface area contributed by atoms with Crippen molar-refractivity contribution in [3.05, 3.63) is 34.4 Å². The lowest BCUT2D eigenvalue weighted by Crippen LogP contribution is -2.52. The Labute approximate surface area is 220 Å². The molecule has 14 nitrogen and oxygen atoms in total. The second kappa shape index (κ2) is 15.5. The highest BCUT2D eigenvalue weighted by Gasteiger charge is 2.27. The van der Waals surface area contributed by atoms with Crippen molar-refractivity contribution in [1.82, 2.24) is 10.6 Å². The van der Waals surface area contributed by atoms with E-state index in [1.807, 2.05) is 0 Å². The third-order valence-corrected chi connectivity index (χ3v) is 6.38. The molecule has 0 saturated heterocycles. The second-order valence-electron chi connectivity index (χ2n) is 9.41. The van der Waals surface area contributed by atoms with E-state index < -0.39 is 47.4 Å². The highest BCUT2D eigenvalue weighted by atomic mass is 16.6. The van der Waals surface area contributed by atoms with Crippen LogP contribution in [-0.2, 0) is 14.4 Å². The minimum Gasteiger partial charge on any atom is -0.391 e. The van der Waals surface area contributed by atoms with Crippen molar-refractivity contribution >= 4 is 35.1 Å². The number of anilines is 1. The molecular formula is C24H38N8O6. The summed E-state index contributed by atoms with van der Waals surface area (Å²) >= 11 is 0. The highest BCUT2D eigenvalue weighted by molar-refractivity contribution is 5.98. The van der Waals surface area contributed by atoms with Gasteiger partial charge in [0, 0.05) is 24.4 Å².